The Hall–Kier alpha value is -1.18. The minimum absolute atomic E-state index is 0.703. The lowest BCUT2D eigenvalue weighted by atomic mass is 10.1. The molecule has 1 aliphatic rings. The summed E-state index contributed by atoms with van der Waals surface area (Å²) < 4.78 is 5.68. The monoisotopic (exact) mass is 233 g/mol. The van der Waals surface area contributed by atoms with Crippen molar-refractivity contribution in [1.29, 1.82) is 0 Å². The van der Waals surface area contributed by atoms with Gasteiger partial charge in [-0.2, -0.15) is 0 Å². The molecule has 0 radical (unpaired) electrons. The zero-order valence-corrected chi connectivity index (χ0v) is 10.9. The highest BCUT2D eigenvalue weighted by Gasteiger charge is 2.20. The Balaban J connectivity index is 1.72. The summed E-state index contributed by atoms with van der Waals surface area (Å²) >= 11 is 0. The summed E-state index contributed by atoms with van der Waals surface area (Å²) in [6, 6.07) is 8.31. The number of rotatable bonds is 7. The Kier molecular flexibility index (Phi) is 4.29. The van der Waals surface area contributed by atoms with Crippen molar-refractivity contribution in [2.24, 2.45) is 11.8 Å². The lowest BCUT2D eigenvalue weighted by Gasteiger charge is -2.09. The van der Waals surface area contributed by atoms with Gasteiger partial charge in [0.1, 0.15) is 5.75 Å². The van der Waals surface area contributed by atoms with E-state index in [9.17, 15) is 0 Å². The van der Waals surface area contributed by atoms with Gasteiger partial charge in [-0.25, -0.2) is 0 Å². The molecule has 1 aromatic rings. The van der Waals surface area contributed by atoms with Crippen LogP contribution in [-0.2, 0) is 0 Å². The fourth-order valence-corrected chi connectivity index (χ4v) is 1.67. The van der Waals surface area contributed by atoms with Crippen LogP contribution in [0.3, 0.4) is 0 Å². The molecule has 2 nitrogen and oxygen atoms in total. The van der Waals surface area contributed by atoms with E-state index in [1.807, 2.05) is 0 Å². The van der Waals surface area contributed by atoms with Gasteiger partial charge in [0.25, 0.3) is 0 Å². The first-order chi connectivity index (χ1) is 8.24. The Morgan fingerprint density at radius 1 is 1.24 bits per heavy atom. The van der Waals surface area contributed by atoms with Crippen molar-refractivity contribution in [3.63, 3.8) is 0 Å². The van der Waals surface area contributed by atoms with Crippen LogP contribution in [0.5, 0.6) is 5.75 Å². The van der Waals surface area contributed by atoms with Crippen LogP contribution in [0.2, 0.25) is 0 Å². The van der Waals surface area contributed by atoms with Crippen LogP contribution in [0.1, 0.15) is 33.1 Å². The highest BCUT2D eigenvalue weighted by Crippen LogP contribution is 2.29. The smallest absolute Gasteiger partial charge is 0.119 e. The van der Waals surface area contributed by atoms with Crippen LogP contribution < -0.4 is 10.1 Å². The summed E-state index contributed by atoms with van der Waals surface area (Å²) in [4.78, 5) is 0. The van der Waals surface area contributed by atoms with Gasteiger partial charge in [0, 0.05) is 12.2 Å². The molecule has 2 rings (SSSR count). The van der Waals surface area contributed by atoms with Crippen molar-refractivity contribution in [2.75, 3.05) is 18.5 Å². The number of benzene rings is 1. The molecule has 0 aliphatic heterocycles. The van der Waals surface area contributed by atoms with Gasteiger partial charge >= 0.3 is 0 Å². The van der Waals surface area contributed by atoms with E-state index in [-0.39, 0.29) is 0 Å². The Bertz CT molecular complexity index is 327. The standard InChI is InChI=1S/C15H23NO/c1-12(2)9-10-17-15-7-5-14(6-8-15)16-11-13-3-4-13/h5-8,12-13,16H,3-4,9-11H2,1-2H3. The maximum absolute atomic E-state index is 5.68. The molecule has 0 bridgehead atoms. The molecule has 94 valence electrons. The molecule has 0 saturated heterocycles. The summed E-state index contributed by atoms with van der Waals surface area (Å²) in [5.41, 5.74) is 1.20. The lowest BCUT2D eigenvalue weighted by Crippen LogP contribution is -2.03. The van der Waals surface area contributed by atoms with Crippen molar-refractivity contribution in [3.05, 3.63) is 24.3 Å². The first-order valence-electron chi connectivity index (χ1n) is 6.71. The maximum Gasteiger partial charge on any atom is 0.119 e. The summed E-state index contributed by atoms with van der Waals surface area (Å²) in [7, 11) is 0. The van der Waals surface area contributed by atoms with Gasteiger partial charge in [-0.3, -0.25) is 0 Å². The van der Waals surface area contributed by atoms with E-state index in [2.05, 4.69) is 43.4 Å². The second kappa shape index (κ2) is 5.95. The number of nitrogens with one attached hydrogen (secondary N) is 1. The van der Waals surface area contributed by atoms with Crippen molar-refractivity contribution in [3.8, 4) is 5.75 Å². The molecule has 0 spiro atoms. The van der Waals surface area contributed by atoms with E-state index in [1.165, 1.54) is 18.5 Å². The highest BCUT2D eigenvalue weighted by atomic mass is 16.5. The normalized spacial score (nSPS) is 15.0. The minimum atomic E-state index is 0.703. The number of ether oxygens (including phenoxy) is 1. The van der Waals surface area contributed by atoms with Gasteiger partial charge in [-0.15, -0.1) is 0 Å². The van der Waals surface area contributed by atoms with Crippen molar-refractivity contribution >= 4 is 5.69 Å². The first kappa shape index (κ1) is 12.3. The van der Waals surface area contributed by atoms with Gasteiger partial charge < -0.3 is 10.1 Å². The van der Waals surface area contributed by atoms with Crippen molar-refractivity contribution in [2.45, 2.75) is 33.1 Å². The Morgan fingerprint density at radius 2 is 1.94 bits per heavy atom. The second-order valence-electron chi connectivity index (χ2n) is 5.38. The number of hydrogen-bond acceptors (Lipinski definition) is 2. The maximum atomic E-state index is 5.68. The molecule has 17 heavy (non-hydrogen) atoms. The third-order valence-corrected chi connectivity index (χ3v) is 3.11. The van der Waals surface area contributed by atoms with E-state index < -0.39 is 0 Å². The quantitative estimate of drug-likeness (QED) is 0.770. The summed E-state index contributed by atoms with van der Waals surface area (Å²) in [6.07, 6.45) is 3.90. The van der Waals surface area contributed by atoms with Gasteiger partial charge in [0.15, 0.2) is 0 Å². The molecule has 1 saturated carbocycles. The molecule has 2 heteroatoms. The molecule has 1 fully saturated rings. The Labute approximate surface area is 104 Å². The molecule has 0 atom stereocenters. The zero-order chi connectivity index (χ0) is 12.1. The molecular formula is C15H23NO. The van der Waals surface area contributed by atoms with Crippen molar-refractivity contribution < 1.29 is 4.74 Å². The SMILES string of the molecule is CC(C)CCOc1ccc(NCC2CC2)cc1. The summed E-state index contributed by atoms with van der Waals surface area (Å²) in [5, 5.41) is 3.45. The molecule has 1 N–H and O–H groups in total. The Morgan fingerprint density at radius 3 is 2.53 bits per heavy atom. The molecule has 0 aromatic heterocycles. The highest BCUT2D eigenvalue weighted by molar-refractivity contribution is 5.46. The number of hydrogen-bond donors (Lipinski definition) is 1. The third kappa shape index (κ3) is 4.68. The van der Waals surface area contributed by atoms with E-state index in [1.54, 1.807) is 0 Å². The van der Waals surface area contributed by atoms with E-state index in [0.29, 0.717) is 5.92 Å². The van der Waals surface area contributed by atoms with Gasteiger partial charge in [-0.1, -0.05) is 13.8 Å². The van der Waals surface area contributed by atoms with E-state index >= 15 is 0 Å². The van der Waals surface area contributed by atoms with Crippen LogP contribution in [0.25, 0.3) is 0 Å². The van der Waals surface area contributed by atoms with Gasteiger partial charge in [0.2, 0.25) is 0 Å². The fourth-order valence-electron chi connectivity index (χ4n) is 1.67. The third-order valence-electron chi connectivity index (χ3n) is 3.11. The average molecular weight is 233 g/mol. The van der Waals surface area contributed by atoms with E-state index in [4.69, 9.17) is 4.74 Å². The van der Waals surface area contributed by atoms with Crippen LogP contribution in [0.4, 0.5) is 5.69 Å². The van der Waals surface area contributed by atoms with Crippen LogP contribution in [0.15, 0.2) is 24.3 Å². The predicted molar refractivity (Wildman–Crippen MR) is 72.6 cm³/mol. The summed E-state index contributed by atoms with van der Waals surface area (Å²) in [6.45, 7) is 6.36. The fraction of sp³-hybridized carbons (Fsp3) is 0.600. The van der Waals surface area contributed by atoms with Crippen LogP contribution in [0, 0.1) is 11.8 Å². The van der Waals surface area contributed by atoms with Gasteiger partial charge in [-0.05, 0) is 55.4 Å². The predicted octanol–water partition coefficient (Wildman–Crippen LogP) is 3.93. The average Bonchev–Trinajstić information content (AvgIpc) is 3.11. The molecule has 0 amide bonds. The number of anilines is 1. The molecule has 0 heterocycles. The van der Waals surface area contributed by atoms with Crippen molar-refractivity contribution in [1.82, 2.24) is 0 Å². The molecule has 0 unspecified atom stereocenters. The summed E-state index contributed by atoms with van der Waals surface area (Å²) in [5.74, 6) is 2.59. The molecule has 1 aromatic carbocycles. The molecular weight excluding hydrogens is 210 g/mol. The van der Waals surface area contributed by atoms with Gasteiger partial charge in [0.05, 0.1) is 6.61 Å². The first-order valence-corrected chi connectivity index (χ1v) is 6.71. The second-order valence-corrected chi connectivity index (χ2v) is 5.38. The zero-order valence-electron chi connectivity index (χ0n) is 10.9. The van der Waals surface area contributed by atoms with Crippen LogP contribution in [-0.4, -0.2) is 13.2 Å². The van der Waals surface area contributed by atoms with E-state index in [0.717, 1.165) is 31.2 Å². The molecule has 1 aliphatic carbocycles. The lowest BCUT2D eigenvalue weighted by molar-refractivity contribution is 0.289. The largest absolute Gasteiger partial charge is 0.494 e. The van der Waals surface area contributed by atoms with Crippen LogP contribution >= 0.6 is 0 Å². The topological polar surface area (TPSA) is 21.3 Å². The minimum Gasteiger partial charge on any atom is -0.494 e.